The molecule has 0 aliphatic carbocycles. The number of methoxy groups -OCH3 is 3. The monoisotopic (exact) mass is 414 g/mol. The minimum absolute atomic E-state index is 0.214. The Morgan fingerprint density at radius 3 is 2.15 bits per heavy atom. The molecule has 0 radical (unpaired) electrons. The molecule has 0 unspecified atom stereocenters. The Bertz CT molecular complexity index is 846. The van der Waals surface area contributed by atoms with Crippen LogP contribution < -0.4 is 20.1 Å². The number of thiocarbonyl (C=S) groups is 1. The average molecular weight is 415 g/mol. The van der Waals surface area contributed by atoms with Crippen LogP contribution in [0.15, 0.2) is 30.3 Å². The van der Waals surface area contributed by atoms with E-state index in [1.165, 1.54) is 27.4 Å². The van der Waals surface area contributed by atoms with Crippen LogP contribution >= 0.6 is 35.4 Å². The lowest BCUT2D eigenvalue weighted by Crippen LogP contribution is -2.21. The molecule has 0 amide bonds. The van der Waals surface area contributed by atoms with Crippen LogP contribution in [0.5, 0.6) is 11.5 Å². The van der Waals surface area contributed by atoms with E-state index in [4.69, 9.17) is 49.6 Å². The molecular weight excluding hydrogens is 399 g/mol. The lowest BCUT2D eigenvalue weighted by atomic mass is 10.1. The van der Waals surface area contributed by atoms with Gasteiger partial charge in [-0.1, -0.05) is 23.2 Å². The number of hydrogen-bond acceptors (Lipinski definition) is 5. The number of benzene rings is 2. The van der Waals surface area contributed by atoms with Crippen molar-refractivity contribution in [2.75, 3.05) is 32.0 Å². The van der Waals surface area contributed by atoms with E-state index in [9.17, 15) is 4.79 Å². The SMILES string of the molecule is COC(=O)c1cc(OC)c(OC)cc1NC(=S)Nc1ccc(Cl)cc1Cl. The Morgan fingerprint density at radius 1 is 0.962 bits per heavy atom. The summed E-state index contributed by atoms with van der Waals surface area (Å²) in [5, 5.41) is 7.00. The quantitative estimate of drug-likeness (QED) is 0.546. The Hall–Kier alpha value is -2.22. The highest BCUT2D eigenvalue weighted by Crippen LogP contribution is 2.34. The highest BCUT2D eigenvalue weighted by atomic mass is 35.5. The summed E-state index contributed by atoms with van der Waals surface area (Å²) in [4.78, 5) is 12.1. The highest BCUT2D eigenvalue weighted by Gasteiger charge is 2.18. The van der Waals surface area contributed by atoms with E-state index in [0.29, 0.717) is 32.9 Å². The van der Waals surface area contributed by atoms with E-state index in [0.717, 1.165) is 0 Å². The Labute approximate surface area is 166 Å². The standard InChI is InChI=1S/C17H16Cl2N2O4S/c1-23-14-7-10(16(22)25-3)13(8-15(14)24-2)21-17(26)20-12-5-4-9(18)6-11(12)19/h4-8H,1-3H3,(H2,20,21,26). The van der Waals surface area contributed by atoms with Crippen molar-refractivity contribution in [3.05, 3.63) is 45.9 Å². The zero-order valence-electron chi connectivity index (χ0n) is 14.2. The predicted molar refractivity (Wildman–Crippen MR) is 107 cm³/mol. The van der Waals surface area contributed by atoms with Gasteiger partial charge in [0.25, 0.3) is 0 Å². The van der Waals surface area contributed by atoms with Gasteiger partial charge in [0.15, 0.2) is 16.6 Å². The molecule has 2 N–H and O–H groups in total. The number of nitrogens with one attached hydrogen (secondary N) is 2. The van der Waals surface area contributed by atoms with Crippen LogP contribution in [-0.2, 0) is 4.74 Å². The van der Waals surface area contributed by atoms with Gasteiger partial charge in [0.1, 0.15) is 0 Å². The summed E-state index contributed by atoms with van der Waals surface area (Å²) in [5.41, 5.74) is 1.18. The van der Waals surface area contributed by atoms with Gasteiger partial charge in [0, 0.05) is 17.2 Å². The van der Waals surface area contributed by atoms with E-state index in [-0.39, 0.29) is 10.7 Å². The second-order valence-electron chi connectivity index (χ2n) is 4.95. The van der Waals surface area contributed by atoms with E-state index < -0.39 is 5.97 Å². The zero-order valence-corrected chi connectivity index (χ0v) is 16.5. The smallest absolute Gasteiger partial charge is 0.340 e. The first-order valence-corrected chi connectivity index (χ1v) is 8.43. The summed E-state index contributed by atoms with van der Waals surface area (Å²) in [6.07, 6.45) is 0. The lowest BCUT2D eigenvalue weighted by molar-refractivity contribution is 0.0601. The van der Waals surface area contributed by atoms with Gasteiger partial charge >= 0.3 is 5.97 Å². The average Bonchev–Trinajstić information content (AvgIpc) is 2.62. The molecule has 138 valence electrons. The van der Waals surface area contributed by atoms with Crippen LogP contribution in [0.2, 0.25) is 10.0 Å². The number of carbonyl (C=O) groups excluding carboxylic acids is 1. The number of anilines is 2. The summed E-state index contributed by atoms with van der Waals surface area (Å²) in [5.74, 6) is 0.258. The first-order valence-electron chi connectivity index (χ1n) is 7.27. The fourth-order valence-electron chi connectivity index (χ4n) is 2.13. The topological polar surface area (TPSA) is 68.8 Å². The maximum Gasteiger partial charge on any atom is 0.340 e. The highest BCUT2D eigenvalue weighted by molar-refractivity contribution is 7.80. The molecule has 0 aromatic heterocycles. The van der Waals surface area contributed by atoms with Crippen LogP contribution in [0.25, 0.3) is 0 Å². The molecular formula is C17H16Cl2N2O4S. The molecule has 0 spiro atoms. The van der Waals surface area contributed by atoms with Crippen molar-refractivity contribution in [3.63, 3.8) is 0 Å². The molecule has 0 atom stereocenters. The number of esters is 1. The van der Waals surface area contributed by atoms with Gasteiger partial charge in [-0.2, -0.15) is 0 Å². The summed E-state index contributed by atoms with van der Waals surface area (Å²) < 4.78 is 15.3. The van der Waals surface area contributed by atoms with Crippen molar-refractivity contribution in [1.29, 1.82) is 0 Å². The fourth-order valence-corrected chi connectivity index (χ4v) is 2.80. The maximum absolute atomic E-state index is 12.1. The minimum atomic E-state index is -0.555. The second kappa shape index (κ2) is 8.93. The van der Waals surface area contributed by atoms with E-state index in [2.05, 4.69) is 10.6 Å². The number of carbonyl (C=O) groups is 1. The maximum atomic E-state index is 12.1. The van der Waals surface area contributed by atoms with Crippen molar-refractivity contribution < 1.29 is 19.0 Å². The molecule has 0 heterocycles. The van der Waals surface area contributed by atoms with E-state index in [1.54, 1.807) is 24.3 Å². The molecule has 0 aliphatic rings. The van der Waals surface area contributed by atoms with Crippen molar-refractivity contribution in [2.24, 2.45) is 0 Å². The first-order chi connectivity index (χ1) is 12.4. The van der Waals surface area contributed by atoms with Crippen molar-refractivity contribution in [3.8, 4) is 11.5 Å². The van der Waals surface area contributed by atoms with Crippen LogP contribution in [0.4, 0.5) is 11.4 Å². The molecule has 0 bridgehead atoms. The minimum Gasteiger partial charge on any atom is -0.493 e. The molecule has 2 rings (SSSR count). The summed E-state index contributed by atoms with van der Waals surface area (Å²) in [7, 11) is 4.25. The van der Waals surface area contributed by atoms with Crippen LogP contribution in [0.1, 0.15) is 10.4 Å². The largest absolute Gasteiger partial charge is 0.493 e. The summed E-state index contributed by atoms with van der Waals surface area (Å²) in [6.45, 7) is 0. The number of hydrogen-bond donors (Lipinski definition) is 2. The summed E-state index contributed by atoms with van der Waals surface area (Å²) in [6, 6.07) is 8.04. The van der Waals surface area contributed by atoms with Crippen molar-refractivity contribution >= 4 is 57.9 Å². The van der Waals surface area contributed by atoms with Gasteiger partial charge in [-0.25, -0.2) is 4.79 Å². The van der Waals surface area contributed by atoms with Crippen LogP contribution in [0, 0.1) is 0 Å². The molecule has 6 nitrogen and oxygen atoms in total. The molecule has 2 aromatic rings. The number of halogens is 2. The Kier molecular flexibility index (Phi) is 6.90. The number of ether oxygens (including phenoxy) is 3. The Balaban J connectivity index is 2.31. The first kappa shape index (κ1) is 20.1. The number of rotatable bonds is 5. The van der Waals surface area contributed by atoms with E-state index >= 15 is 0 Å². The summed E-state index contributed by atoms with van der Waals surface area (Å²) >= 11 is 17.3. The second-order valence-corrected chi connectivity index (χ2v) is 6.20. The lowest BCUT2D eigenvalue weighted by Gasteiger charge is -2.17. The van der Waals surface area contributed by atoms with Crippen LogP contribution in [0.3, 0.4) is 0 Å². The van der Waals surface area contributed by atoms with Gasteiger partial charge in [-0.15, -0.1) is 0 Å². The third kappa shape index (κ3) is 4.69. The van der Waals surface area contributed by atoms with Crippen molar-refractivity contribution in [2.45, 2.75) is 0 Å². The van der Waals surface area contributed by atoms with Crippen LogP contribution in [-0.4, -0.2) is 32.4 Å². The third-order valence-corrected chi connectivity index (χ3v) is 4.11. The molecule has 2 aromatic carbocycles. The normalized spacial score (nSPS) is 10.0. The van der Waals surface area contributed by atoms with Crippen molar-refractivity contribution in [1.82, 2.24) is 0 Å². The molecule has 0 aliphatic heterocycles. The van der Waals surface area contributed by atoms with Gasteiger partial charge in [0.05, 0.1) is 43.3 Å². The molecule has 26 heavy (non-hydrogen) atoms. The van der Waals surface area contributed by atoms with Gasteiger partial charge < -0.3 is 24.8 Å². The fraction of sp³-hybridized carbons (Fsp3) is 0.176. The predicted octanol–water partition coefficient (Wildman–Crippen LogP) is 4.61. The molecule has 9 heteroatoms. The van der Waals surface area contributed by atoms with Gasteiger partial charge in [0.2, 0.25) is 0 Å². The Morgan fingerprint density at radius 2 is 1.58 bits per heavy atom. The van der Waals surface area contributed by atoms with Gasteiger partial charge in [-0.3, -0.25) is 0 Å². The zero-order chi connectivity index (χ0) is 19.3. The van der Waals surface area contributed by atoms with E-state index in [1.807, 2.05) is 0 Å². The third-order valence-electron chi connectivity index (χ3n) is 3.36. The molecule has 0 fully saturated rings. The molecule has 0 saturated carbocycles. The van der Waals surface area contributed by atoms with Gasteiger partial charge in [-0.05, 0) is 30.4 Å². The molecule has 0 saturated heterocycles.